The van der Waals surface area contributed by atoms with Crippen LogP contribution in [0.1, 0.15) is 31.7 Å². The van der Waals surface area contributed by atoms with Gasteiger partial charge in [-0.3, -0.25) is 0 Å². The van der Waals surface area contributed by atoms with Crippen molar-refractivity contribution < 1.29 is 14.6 Å². The van der Waals surface area contributed by atoms with Crippen LogP contribution in [0.2, 0.25) is 0 Å². The minimum atomic E-state index is -1.18. The fourth-order valence-corrected chi connectivity index (χ4v) is 1.65. The number of carboxylic acid groups (broad SMARTS) is 1. The minimum absolute atomic E-state index is 0.222. The van der Waals surface area contributed by atoms with Gasteiger partial charge in [-0.05, 0) is 12.0 Å². The summed E-state index contributed by atoms with van der Waals surface area (Å²) >= 11 is 0. The van der Waals surface area contributed by atoms with Crippen molar-refractivity contribution in [2.24, 2.45) is 0 Å². The molecule has 1 rings (SSSR count). The van der Waals surface area contributed by atoms with Crippen LogP contribution in [0.5, 0.6) is 0 Å². The SMILES string of the molecule is CCCCC(Cc1ccccc1)OC(=O)O. The lowest BCUT2D eigenvalue weighted by atomic mass is 10.0. The fraction of sp³-hybridized carbons (Fsp3) is 0.462. The number of hydrogen-bond acceptors (Lipinski definition) is 2. The molecule has 3 heteroatoms. The lowest BCUT2D eigenvalue weighted by Gasteiger charge is -2.15. The highest BCUT2D eigenvalue weighted by Gasteiger charge is 2.13. The highest BCUT2D eigenvalue weighted by molar-refractivity contribution is 5.57. The molecule has 0 aliphatic carbocycles. The van der Waals surface area contributed by atoms with E-state index in [1.807, 2.05) is 30.3 Å². The van der Waals surface area contributed by atoms with E-state index in [4.69, 9.17) is 9.84 Å². The van der Waals surface area contributed by atoms with Crippen molar-refractivity contribution >= 4 is 6.16 Å². The van der Waals surface area contributed by atoms with Crippen LogP contribution in [0.3, 0.4) is 0 Å². The second-order valence-corrected chi connectivity index (χ2v) is 3.84. The first-order valence-electron chi connectivity index (χ1n) is 5.66. The van der Waals surface area contributed by atoms with E-state index < -0.39 is 6.16 Å². The Bertz CT molecular complexity index is 308. The van der Waals surface area contributed by atoms with E-state index in [2.05, 4.69) is 6.92 Å². The number of benzene rings is 1. The third-order valence-electron chi connectivity index (χ3n) is 2.45. The average molecular weight is 222 g/mol. The molecular weight excluding hydrogens is 204 g/mol. The lowest BCUT2D eigenvalue weighted by molar-refractivity contribution is 0.0474. The number of ether oxygens (including phenoxy) is 1. The number of hydrogen-bond donors (Lipinski definition) is 1. The molecule has 0 saturated carbocycles. The standard InChI is InChI=1S/C13H18O3/c1-2-3-9-12(16-13(14)15)10-11-7-5-4-6-8-11/h4-8,12H,2-3,9-10H2,1H3,(H,14,15). The lowest BCUT2D eigenvalue weighted by Crippen LogP contribution is -2.19. The summed E-state index contributed by atoms with van der Waals surface area (Å²) in [4.78, 5) is 10.5. The molecular formula is C13H18O3. The van der Waals surface area contributed by atoms with Crippen molar-refractivity contribution in [1.29, 1.82) is 0 Å². The van der Waals surface area contributed by atoms with Crippen LogP contribution in [-0.2, 0) is 11.2 Å². The summed E-state index contributed by atoms with van der Waals surface area (Å²) in [6, 6.07) is 9.83. The van der Waals surface area contributed by atoms with Gasteiger partial charge in [-0.1, -0.05) is 50.1 Å². The zero-order valence-corrected chi connectivity index (χ0v) is 9.56. The Labute approximate surface area is 96.1 Å². The van der Waals surface area contributed by atoms with Crippen molar-refractivity contribution in [2.45, 2.75) is 38.7 Å². The van der Waals surface area contributed by atoms with E-state index in [1.165, 1.54) is 0 Å². The summed E-state index contributed by atoms with van der Waals surface area (Å²) < 4.78 is 4.87. The van der Waals surface area contributed by atoms with Crippen LogP contribution >= 0.6 is 0 Å². The molecule has 3 nitrogen and oxygen atoms in total. The zero-order chi connectivity index (χ0) is 11.8. The van der Waals surface area contributed by atoms with Gasteiger partial charge in [0.15, 0.2) is 0 Å². The normalized spacial score (nSPS) is 12.1. The molecule has 0 aliphatic rings. The Balaban J connectivity index is 2.52. The predicted octanol–water partition coefficient (Wildman–Crippen LogP) is 3.48. The van der Waals surface area contributed by atoms with Gasteiger partial charge < -0.3 is 9.84 Å². The highest BCUT2D eigenvalue weighted by atomic mass is 16.7. The van der Waals surface area contributed by atoms with Crippen LogP contribution < -0.4 is 0 Å². The number of rotatable bonds is 6. The first-order chi connectivity index (χ1) is 7.72. The molecule has 0 amide bonds. The monoisotopic (exact) mass is 222 g/mol. The second kappa shape index (κ2) is 6.88. The Morgan fingerprint density at radius 3 is 2.62 bits per heavy atom. The largest absolute Gasteiger partial charge is 0.506 e. The molecule has 0 radical (unpaired) electrons. The van der Waals surface area contributed by atoms with Crippen molar-refractivity contribution in [3.05, 3.63) is 35.9 Å². The van der Waals surface area contributed by atoms with Crippen LogP contribution in [0.25, 0.3) is 0 Å². The van der Waals surface area contributed by atoms with Crippen molar-refractivity contribution in [1.82, 2.24) is 0 Å². The third kappa shape index (κ3) is 4.82. The molecule has 0 saturated heterocycles. The van der Waals surface area contributed by atoms with Crippen LogP contribution in [0.15, 0.2) is 30.3 Å². The predicted molar refractivity (Wildman–Crippen MR) is 62.6 cm³/mol. The second-order valence-electron chi connectivity index (χ2n) is 3.84. The summed E-state index contributed by atoms with van der Waals surface area (Å²) in [6.45, 7) is 2.08. The van der Waals surface area contributed by atoms with Gasteiger partial charge in [-0.15, -0.1) is 0 Å². The molecule has 0 spiro atoms. The molecule has 1 atom stereocenters. The van der Waals surface area contributed by atoms with Gasteiger partial charge in [0.1, 0.15) is 6.10 Å². The van der Waals surface area contributed by atoms with Crippen LogP contribution in [-0.4, -0.2) is 17.4 Å². The Hall–Kier alpha value is -1.51. The molecule has 1 aromatic rings. The van der Waals surface area contributed by atoms with Gasteiger partial charge in [-0.2, -0.15) is 0 Å². The van der Waals surface area contributed by atoms with Gasteiger partial charge in [0.05, 0.1) is 0 Å². The maximum atomic E-state index is 10.5. The van der Waals surface area contributed by atoms with Crippen molar-refractivity contribution in [2.75, 3.05) is 0 Å². The minimum Gasteiger partial charge on any atom is -0.450 e. The molecule has 0 heterocycles. The fourth-order valence-electron chi connectivity index (χ4n) is 1.65. The number of carbonyl (C=O) groups is 1. The Kier molecular flexibility index (Phi) is 5.40. The molecule has 1 N–H and O–H groups in total. The van der Waals surface area contributed by atoms with Gasteiger partial charge in [0.25, 0.3) is 0 Å². The average Bonchev–Trinajstić information content (AvgIpc) is 2.26. The van der Waals surface area contributed by atoms with E-state index in [1.54, 1.807) is 0 Å². The molecule has 1 aromatic carbocycles. The van der Waals surface area contributed by atoms with E-state index >= 15 is 0 Å². The maximum absolute atomic E-state index is 10.5. The first kappa shape index (κ1) is 12.6. The molecule has 88 valence electrons. The van der Waals surface area contributed by atoms with Gasteiger partial charge in [0, 0.05) is 6.42 Å². The quantitative estimate of drug-likeness (QED) is 0.749. The van der Waals surface area contributed by atoms with Gasteiger partial charge >= 0.3 is 6.16 Å². The smallest absolute Gasteiger partial charge is 0.450 e. The zero-order valence-electron chi connectivity index (χ0n) is 9.56. The van der Waals surface area contributed by atoms with E-state index in [9.17, 15) is 4.79 Å². The summed E-state index contributed by atoms with van der Waals surface area (Å²) in [5.74, 6) is 0. The molecule has 0 fully saturated rings. The van der Waals surface area contributed by atoms with E-state index in [-0.39, 0.29) is 6.10 Å². The summed E-state index contributed by atoms with van der Waals surface area (Å²) in [5.41, 5.74) is 1.12. The Morgan fingerprint density at radius 2 is 2.06 bits per heavy atom. The van der Waals surface area contributed by atoms with Crippen molar-refractivity contribution in [3.63, 3.8) is 0 Å². The molecule has 0 bridgehead atoms. The highest BCUT2D eigenvalue weighted by Crippen LogP contribution is 2.12. The Morgan fingerprint density at radius 1 is 1.38 bits per heavy atom. The molecule has 1 unspecified atom stereocenters. The number of unbranched alkanes of at least 4 members (excludes halogenated alkanes) is 1. The third-order valence-corrected chi connectivity index (χ3v) is 2.45. The van der Waals surface area contributed by atoms with Crippen molar-refractivity contribution in [3.8, 4) is 0 Å². The van der Waals surface area contributed by atoms with Gasteiger partial charge in [-0.25, -0.2) is 4.79 Å². The molecule has 0 aromatic heterocycles. The summed E-state index contributed by atoms with van der Waals surface area (Å²) in [7, 11) is 0. The van der Waals surface area contributed by atoms with Gasteiger partial charge in [0.2, 0.25) is 0 Å². The summed E-state index contributed by atoms with van der Waals surface area (Å²) in [6.07, 6.45) is 2.08. The van der Waals surface area contributed by atoms with Crippen LogP contribution in [0.4, 0.5) is 4.79 Å². The van der Waals surface area contributed by atoms with Crippen LogP contribution in [0, 0.1) is 0 Å². The molecule has 0 aliphatic heterocycles. The first-order valence-corrected chi connectivity index (χ1v) is 5.66. The topological polar surface area (TPSA) is 46.5 Å². The molecule has 16 heavy (non-hydrogen) atoms. The summed E-state index contributed by atoms with van der Waals surface area (Å²) in [5, 5.41) is 8.64. The maximum Gasteiger partial charge on any atom is 0.506 e. The van der Waals surface area contributed by atoms with E-state index in [0.29, 0.717) is 6.42 Å². The van der Waals surface area contributed by atoms with E-state index in [0.717, 1.165) is 24.8 Å².